The molecule has 1 aromatic carbocycles. The fourth-order valence-electron chi connectivity index (χ4n) is 2.88. The molecule has 0 aliphatic carbocycles. The van der Waals surface area contributed by atoms with Crippen LogP contribution in [0.5, 0.6) is 5.75 Å². The lowest BCUT2D eigenvalue weighted by molar-refractivity contribution is 0.0270. The summed E-state index contributed by atoms with van der Waals surface area (Å²) in [7, 11) is 0. The Hall–Kier alpha value is -2.89. The zero-order chi connectivity index (χ0) is 20.1. The first-order chi connectivity index (χ1) is 13.3. The van der Waals surface area contributed by atoms with Crippen molar-refractivity contribution in [1.29, 1.82) is 0 Å². The Morgan fingerprint density at radius 2 is 2.00 bits per heavy atom. The van der Waals surface area contributed by atoms with Gasteiger partial charge in [0.25, 0.3) is 0 Å². The summed E-state index contributed by atoms with van der Waals surface area (Å²) in [6.45, 7) is 6.79. The molecule has 0 saturated carbocycles. The van der Waals surface area contributed by atoms with Crippen LogP contribution < -0.4 is 4.74 Å². The second-order valence-corrected chi connectivity index (χ2v) is 7.68. The summed E-state index contributed by atoms with van der Waals surface area (Å²) in [5.41, 5.74) is 2.01. The van der Waals surface area contributed by atoms with Gasteiger partial charge >= 0.3 is 6.09 Å². The van der Waals surface area contributed by atoms with E-state index in [-0.39, 0.29) is 6.09 Å². The average Bonchev–Trinajstić information content (AvgIpc) is 2.66. The Morgan fingerprint density at radius 1 is 1.25 bits per heavy atom. The molecule has 2 aromatic rings. The summed E-state index contributed by atoms with van der Waals surface area (Å²) < 4.78 is 25.0. The topological polar surface area (TPSA) is 51.7 Å². The fourth-order valence-corrected chi connectivity index (χ4v) is 2.88. The summed E-state index contributed by atoms with van der Waals surface area (Å²) in [5, 5.41) is 0. The van der Waals surface area contributed by atoms with E-state index in [2.05, 4.69) is 4.98 Å². The lowest BCUT2D eigenvalue weighted by Crippen LogP contribution is -2.39. The number of hydrogen-bond donors (Lipinski definition) is 0. The van der Waals surface area contributed by atoms with Gasteiger partial charge in [-0.2, -0.15) is 0 Å². The van der Waals surface area contributed by atoms with Crippen molar-refractivity contribution in [2.75, 3.05) is 13.1 Å². The van der Waals surface area contributed by atoms with Gasteiger partial charge in [-0.15, -0.1) is 0 Å². The van der Waals surface area contributed by atoms with Gasteiger partial charge < -0.3 is 14.4 Å². The van der Waals surface area contributed by atoms with E-state index >= 15 is 0 Å². The molecule has 2 heterocycles. The molecule has 1 aliphatic rings. The standard InChI is InChI=1S/C22H25FN2O3/c1-22(2,3)28-21(26)25-11-9-17(10-12-25)20-19(13-18(23)14-24-20)27-15-16-7-5-4-6-8-16/h4-9,13-14H,10-12,15H2,1-3H3. The highest BCUT2D eigenvalue weighted by Crippen LogP contribution is 2.30. The molecule has 0 atom stereocenters. The summed E-state index contributed by atoms with van der Waals surface area (Å²) in [5.74, 6) is -0.0422. The summed E-state index contributed by atoms with van der Waals surface area (Å²) in [6, 6.07) is 11.0. The number of amides is 1. The van der Waals surface area contributed by atoms with Crippen molar-refractivity contribution < 1.29 is 18.7 Å². The van der Waals surface area contributed by atoms with Crippen LogP contribution in [0.15, 0.2) is 48.7 Å². The van der Waals surface area contributed by atoms with Crippen molar-refractivity contribution in [3.63, 3.8) is 0 Å². The van der Waals surface area contributed by atoms with Gasteiger partial charge in [-0.05, 0) is 38.3 Å². The molecule has 0 saturated heterocycles. The Bertz CT molecular complexity index is 860. The minimum atomic E-state index is -0.530. The zero-order valence-corrected chi connectivity index (χ0v) is 16.4. The zero-order valence-electron chi connectivity index (χ0n) is 16.4. The summed E-state index contributed by atoms with van der Waals surface area (Å²) in [4.78, 5) is 18.1. The van der Waals surface area contributed by atoms with Crippen LogP contribution in [0.2, 0.25) is 0 Å². The van der Waals surface area contributed by atoms with Crippen LogP contribution in [0.4, 0.5) is 9.18 Å². The average molecular weight is 384 g/mol. The van der Waals surface area contributed by atoms with Gasteiger partial charge in [0, 0.05) is 19.2 Å². The molecule has 0 radical (unpaired) electrons. The second kappa shape index (κ2) is 8.42. The first-order valence-corrected chi connectivity index (χ1v) is 9.31. The summed E-state index contributed by atoms with van der Waals surface area (Å²) in [6.07, 6.45) is 3.37. The number of aromatic nitrogens is 1. The van der Waals surface area contributed by atoms with E-state index in [1.807, 2.05) is 57.2 Å². The number of ether oxygens (including phenoxy) is 2. The SMILES string of the molecule is CC(C)(C)OC(=O)N1CC=C(c2ncc(F)cc2OCc2ccccc2)CC1. The molecule has 0 N–H and O–H groups in total. The van der Waals surface area contributed by atoms with Crippen molar-refractivity contribution in [3.8, 4) is 5.75 Å². The molecule has 1 amide bonds. The van der Waals surface area contributed by atoms with Gasteiger partial charge in [0.2, 0.25) is 0 Å². The highest BCUT2D eigenvalue weighted by Gasteiger charge is 2.25. The van der Waals surface area contributed by atoms with Crippen LogP contribution in [0.25, 0.3) is 5.57 Å². The molecule has 28 heavy (non-hydrogen) atoms. The van der Waals surface area contributed by atoms with E-state index in [1.54, 1.807) is 4.90 Å². The third-order valence-electron chi connectivity index (χ3n) is 4.22. The Morgan fingerprint density at radius 3 is 2.64 bits per heavy atom. The van der Waals surface area contributed by atoms with E-state index in [0.717, 1.165) is 11.1 Å². The molecule has 1 aromatic heterocycles. The Balaban J connectivity index is 1.72. The molecule has 0 fully saturated rings. The first-order valence-electron chi connectivity index (χ1n) is 9.31. The van der Waals surface area contributed by atoms with E-state index in [1.165, 1.54) is 12.3 Å². The van der Waals surface area contributed by atoms with E-state index in [9.17, 15) is 9.18 Å². The van der Waals surface area contributed by atoms with Gasteiger partial charge in [-0.3, -0.25) is 0 Å². The van der Waals surface area contributed by atoms with Crippen molar-refractivity contribution in [3.05, 3.63) is 65.7 Å². The third kappa shape index (κ3) is 5.31. The predicted octanol–water partition coefficient (Wildman–Crippen LogP) is 4.82. The molecule has 0 spiro atoms. The molecule has 5 nitrogen and oxygen atoms in total. The second-order valence-electron chi connectivity index (χ2n) is 7.68. The molecule has 1 aliphatic heterocycles. The number of pyridine rings is 1. The number of hydrogen-bond acceptors (Lipinski definition) is 4. The highest BCUT2D eigenvalue weighted by molar-refractivity contribution is 5.73. The number of carbonyl (C=O) groups is 1. The lowest BCUT2D eigenvalue weighted by Gasteiger charge is -2.29. The molecule has 0 bridgehead atoms. The minimum Gasteiger partial charge on any atom is -0.487 e. The fraction of sp³-hybridized carbons (Fsp3) is 0.364. The maximum absolute atomic E-state index is 13.7. The number of rotatable bonds is 4. The van der Waals surface area contributed by atoms with Crippen LogP contribution >= 0.6 is 0 Å². The van der Waals surface area contributed by atoms with Gasteiger partial charge in [0.1, 0.15) is 29.5 Å². The maximum atomic E-state index is 13.7. The number of halogens is 1. The quantitative estimate of drug-likeness (QED) is 0.758. The number of nitrogens with zero attached hydrogens (tertiary/aromatic N) is 2. The van der Waals surface area contributed by atoms with Crippen LogP contribution in [-0.4, -0.2) is 34.7 Å². The van der Waals surface area contributed by atoms with Crippen molar-refractivity contribution in [2.24, 2.45) is 0 Å². The van der Waals surface area contributed by atoms with Crippen LogP contribution in [-0.2, 0) is 11.3 Å². The van der Waals surface area contributed by atoms with Gasteiger partial charge in [0.15, 0.2) is 0 Å². The number of benzene rings is 1. The van der Waals surface area contributed by atoms with Gasteiger partial charge in [-0.25, -0.2) is 14.2 Å². The monoisotopic (exact) mass is 384 g/mol. The molecular formula is C22H25FN2O3. The molecule has 148 valence electrons. The van der Waals surface area contributed by atoms with Crippen molar-refractivity contribution >= 4 is 11.7 Å². The van der Waals surface area contributed by atoms with Gasteiger partial charge in [-0.1, -0.05) is 36.4 Å². The van der Waals surface area contributed by atoms with Crippen LogP contribution in [0.1, 0.15) is 38.4 Å². The minimum absolute atomic E-state index is 0.330. The largest absolute Gasteiger partial charge is 0.487 e. The highest BCUT2D eigenvalue weighted by atomic mass is 19.1. The van der Waals surface area contributed by atoms with E-state index < -0.39 is 11.4 Å². The normalized spacial score (nSPS) is 14.4. The smallest absolute Gasteiger partial charge is 0.410 e. The number of carbonyl (C=O) groups excluding carboxylic acids is 1. The molecular weight excluding hydrogens is 359 g/mol. The third-order valence-corrected chi connectivity index (χ3v) is 4.22. The van der Waals surface area contributed by atoms with Crippen LogP contribution in [0.3, 0.4) is 0 Å². The summed E-state index contributed by atoms with van der Waals surface area (Å²) >= 11 is 0. The Labute approximate surface area is 164 Å². The first kappa shape index (κ1) is 19.9. The van der Waals surface area contributed by atoms with E-state index in [0.29, 0.717) is 37.6 Å². The van der Waals surface area contributed by atoms with Crippen LogP contribution in [0, 0.1) is 5.82 Å². The molecule has 0 unspecified atom stereocenters. The molecule has 3 rings (SSSR count). The predicted molar refractivity (Wildman–Crippen MR) is 105 cm³/mol. The van der Waals surface area contributed by atoms with Crippen molar-refractivity contribution in [1.82, 2.24) is 9.88 Å². The Kier molecular flexibility index (Phi) is 5.97. The maximum Gasteiger partial charge on any atom is 0.410 e. The molecule has 6 heteroatoms. The van der Waals surface area contributed by atoms with Gasteiger partial charge in [0.05, 0.1) is 6.20 Å². The lowest BCUT2D eigenvalue weighted by atomic mass is 10.0. The van der Waals surface area contributed by atoms with E-state index in [4.69, 9.17) is 9.47 Å². The van der Waals surface area contributed by atoms with Crippen molar-refractivity contribution in [2.45, 2.75) is 39.4 Å².